The first kappa shape index (κ1) is 25.2. The Hall–Kier alpha value is -3.41. The number of carbonyl (C=O) groups excluding carboxylic acids is 2. The predicted molar refractivity (Wildman–Crippen MR) is 138 cm³/mol. The van der Waals surface area contributed by atoms with Crippen LogP contribution in [0.15, 0.2) is 54.6 Å². The Morgan fingerprint density at radius 2 is 1.74 bits per heavy atom. The number of hydrogen-bond donors (Lipinski definition) is 1. The van der Waals surface area contributed by atoms with Crippen molar-refractivity contribution in [2.75, 3.05) is 18.4 Å². The zero-order valence-corrected chi connectivity index (χ0v) is 21.3. The Morgan fingerprint density at radius 3 is 2.35 bits per heavy atom. The van der Waals surface area contributed by atoms with Gasteiger partial charge in [-0.2, -0.15) is 5.10 Å². The number of anilines is 1. The summed E-state index contributed by atoms with van der Waals surface area (Å²) in [7, 11) is 0. The summed E-state index contributed by atoms with van der Waals surface area (Å²) in [5.74, 6) is 0.431. The summed E-state index contributed by atoms with van der Waals surface area (Å²) in [5.41, 5.74) is 4.19. The highest BCUT2D eigenvalue weighted by molar-refractivity contribution is 6.00. The van der Waals surface area contributed by atoms with E-state index in [1.807, 2.05) is 82.3 Å². The summed E-state index contributed by atoms with van der Waals surface area (Å²) >= 11 is 0. The van der Waals surface area contributed by atoms with E-state index < -0.39 is 0 Å². The number of hydrogen-bond acceptors (Lipinski definition) is 3. The van der Waals surface area contributed by atoms with E-state index in [2.05, 4.69) is 26.1 Å². The quantitative estimate of drug-likeness (QED) is 0.505. The highest BCUT2D eigenvalue weighted by Crippen LogP contribution is 2.26. The lowest BCUT2D eigenvalue weighted by molar-refractivity contribution is -0.117. The second-order valence-electron chi connectivity index (χ2n) is 10.4. The second-order valence-corrected chi connectivity index (χ2v) is 10.4. The Morgan fingerprint density at radius 1 is 1.03 bits per heavy atom. The first-order chi connectivity index (χ1) is 16.0. The molecule has 6 heteroatoms. The third-order valence-electron chi connectivity index (χ3n) is 5.57. The Balaban J connectivity index is 1.89. The van der Waals surface area contributed by atoms with Gasteiger partial charge < -0.3 is 10.2 Å². The van der Waals surface area contributed by atoms with Gasteiger partial charge >= 0.3 is 0 Å². The normalized spacial score (nSPS) is 11.5. The molecule has 1 aromatic heterocycles. The van der Waals surface area contributed by atoms with Crippen LogP contribution in [0.3, 0.4) is 0 Å². The first-order valence-electron chi connectivity index (χ1n) is 11.8. The number of benzene rings is 2. The number of nitrogens with zero attached hydrogens (tertiary/aromatic N) is 3. The lowest BCUT2D eigenvalue weighted by Crippen LogP contribution is -2.40. The maximum atomic E-state index is 13.3. The second kappa shape index (κ2) is 10.2. The van der Waals surface area contributed by atoms with Crippen LogP contribution in [0.2, 0.25) is 0 Å². The molecule has 2 aromatic carbocycles. The van der Waals surface area contributed by atoms with Gasteiger partial charge in [0.1, 0.15) is 12.4 Å². The number of rotatable bonds is 7. The fourth-order valence-electron chi connectivity index (χ4n) is 3.79. The van der Waals surface area contributed by atoms with Crippen molar-refractivity contribution < 1.29 is 9.59 Å². The molecule has 0 spiro atoms. The Bertz CT molecular complexity index is 1170. The fraction of sp³-hybridized carbons (Fsp3) is 0.393. The van der Waals surface area contributed by atoms with Crippen LogP contribution >= 0.6 is 0 Å². The summed E-state index contributed by atoms with van der Waals surface area (Å²) in [6.07, 6.45) is 0. The van der Waals surface area contributed by atoms with Crippen molar-refractivity contribution in [1.29, 1.82) is 0 Å². The van der Waals surface area contributed by atoms with Crippen LogP contribution < -0.4 is 5.32 Å². The van der Waals surface area contributed by atoms with E-state index in [1.54, 1.807) is 9.58 Å². The Kier molecular flexibility index (Phi) is 7.60. The number of aryl methyl sites for hydroxylation is 2. The van der Waals surface area contributed by atoms with Crippen molar-refractivity contribution in [2.24, 2.45) is 5.92 Å². The minimum absolute atomic E-state index is 0.0325. The van der Waals surface area contributed by atoms with E-state index in [-0.39, 0.29) is 29.7 Å². The molecule has 180 valence electrons. The Labute approximate surface area is 203 Å². The molecule has 0 aliphatic heterocycles. The lowest BCUT2D eigenvalue weighted by Gasteiger charge is -2.25. The van der Waals surface area contributed by atoms with E-state index >= 15 is 0 Å². The molecule has 0 radical (unpaired) electrons. The van der Waals surface area contributed by atoms with Crippen molar-refractivity contribution in [3.63, 3.8) is 0 Å². The van der Waals surface area contributed by atoms with Crippen LogP contribution in [0, 0.1) is 19.8 Å². The topological polar surface area (TPSA) is 67.2 Å². The van der Waals surface area contributed by atoms with Gasteiger partial charge in [-0.25, -0.2) is 4.68 Å². The van der Waals surface area contributed by atoms with E-state index in [0.29, 0.717) is 17.9 Å². The lowest BCUT2D eigenvalue weighted by atomic mass is 9.92. The molecule has 0 atom stereocenters. The standard InChI is InChI=1S/C28H36N4O2/c1-19(2)17-31(27(34)23-14-9-8-12-21(23)4)18-26(33)29-25-16-24(28(5,6)7)30-32(25)22-13-10-11-20(3)15-22/h8-16,19H,17-18H2,1-7H3,(H,29,33). The maximum Gasteiger partial charge on any atom is 0.254 e. The first-order valence-corrected chi connectivity index (χ1v) is 11.8. The van der Waals surface area contributed by atoms with Crippen molar-refractivity contribution in [3.8, 4) is 5.69 Å². The largest absolute Gasteiger partial charge is 0.329 e. The van der Waals surface area contributed by atoms with Crippen LogP contribution in [-0.2, 0) is 10.2 Å². The molecule has 0 fully saturated rings. The molecule has 6 nitrogen and oxygen atoms in total. The molecule has 0 unspecified atom stereocenters. The van der Waals surface area contributed by atoms with E-state index in [0.717, 1.165) is 22.5 Å². The molecule has 0 aliphatic carbocycles. The number of amides is 2. The van der Waals surface area contributed by atoms with Gasteiger partial charge in [0.25, 0.3) is 5.91 Å². The van der Waals surface area contributed by atoms with Gasteiger partial charge in [-0.05, 0) is 49.1 Å². The SMILES string of the molecule is Cc1cccc(-n2nc(C(C)(C)C)cc2NC(=O)CN(CC(C)C)C(=O)c2ccccc2C)c1. The fourth-order valence-corrected chi connectivity index (χ4v) is 3.79. The van der Waals surface area contributed by atoms with Crippen LogP contribution in [0.1, 0.15) is 61.8 Å². The number of carbonyl (C=O) groups is 2. The van der Waals surface area contributed by atoms with Crippen molar-refractivity contribution >= 4 is 17.6 Å². The third-order valence-corrected chi connectivity index (χ3v) is 5.57. The smallest absolute Gasteiger partial charge is 0.254 e. The van der Waals surface area contributed by atoms with Crippen LogP contribution in [0.4, 0.5) is 5.82 Å². The minimum Gasteiger partial charge on any atom is -0.329 e. The molecule has 3 aromatic rings. The van der Waals surface area contributed by atoms with Crippen LogP contribution in [0.25, 0.3) is 5.69 Å². The van der Waals surface area contributed by atoms with Gasteiger partial charge in [-0.15, -0.1) is 0 Å². The molecule has 0 aliphatic rings. The summed E-state index contributed by atoms with van der Waals surface area (Å²) in [5, 5.41) is 7.80. The number of nitrogens with one attached hydrogen (secondary N) is 1. The van der Waals surface area contributed by atoms with Crippen molar-refractivity contribution in [2.45, 2.75) is 53.9 Å². The van der Waals surface area contributed by atoms with Gasteiger partial charge in [0.2, 0.25) is 5.91 Å². The van der Waals surface area contributed by atoms with Gasteiger partial charge in [0.05, 0.1) is 11.4 Å². The molecule has 34 heavy (non-hydrogen) atoms. The summed E-state index contributed by atoms with van der Waals surface area (Å²) in [6.45, 7) is 14.7. The molecular formula is C28H36N4O2. The van der Waals surface area contributed by atoms with E-state index in [4.69, 9.17) is 5.10 Å². The van der Waals surface area contributed by atoms with Crippen LogP contribution in [0.5, 0.6) is 0 Å². The highest BCUT2D eigenvalue weighted by atomic mass is 16.2. The van der Waals surface area contributed by atoms with Crippen molar-refractivity contribution in [3.05, 3.63) is 77.0 Å². The molecule has 1 N–H and O–H groups in total. The molecule has 0 bridgehead atoms. The van der Waals surface area contributed by atoms with E-state index in [1.165, 1.54) is 0 Å². The molecule has 0 saturated carbocycles. The summed E-state index contributed by atoms with van der Waals surface area (Å²) in [6, 6.07) is 17.4. The molecule has 1 heterocycles. The minimum atomic E-state index is -0.253. The molecule has 0 saturated heterocycles. The van der Waals surface area contributed by atoms with Gasteiger partial charge in [0, 0.05) is 23.6 Å². The summed E-state index contributed by atoms with van der Waals surface area (Å²) in [4.78, 5) is 28.1. The zero-order chi connectivity index (χ0) is 25.0. The number of aromatic nitrogens is 2. The van der Waals surface area contributed by atoms with Gasteiger partial charge in [-0.1, -0.05) is 65.0 Å². The molecule has 2 amide bonds. The third kappa shape index (κ3) is 6.13. The summed E-state index contributed by atoms with van der Waals surface area (Å²) < 4.78 is 1.77. The molecule has 3 rings (SSSR count). The van der Waals surface area contributed by atoms with Crippen molar-refractivity contribution in [1.82, 2.24) is 14.7 Å². The molecular weight excluding hydrogens is 424 g/mol. The predicted octanol–water partition coefficient (Wildman–Crippen LogP) is 5.52. The van der Waals surface area contributed by atoms with Gasteiger partial charge in [0.15, 0.2) is 0 Å². The maximum absolute atomic E-state index is 13.3. The average Bonchev–Trinajstić information content (AvgIpc) is 3.17. The monoisotopic (exact) mass is 460 g/mol. The average molecular weight is 461 g/mol. The van der Waals surface area contributed by atoms with E-state index in [9.17, 15) is 9.59 Å². The van der Waals surface area contributed by atoms with Gasteiger partial charge in [-0.3, -0.25) is 9.59 Å². The van der Waals surface area contributed by atoms with Crippen LogP contribution in [-0.4, -0.2) is 39.6 Å². The zero-order valence-electron chi connectivity index (χ0n) is 21.3. The highest BCUT2D eigenvalue weighted by Gasteiger charge is 2.24.